The lowest BCUT2D eigenvalue weighted by atomic mass is 10.2. The second-order valence-corrected chi connectivity index (χ2v) is 6.08. The van der Waals surface area contributed by atoms with E-state index >= 15 is 0 Å². The summed E-state index contributed by atoms with van der Waals surface area (Å²) < 4.78 is 0. The van der Waals surface area contributed by atoms with Gasteiger partial charge in [-0.05, 0) is 38.8 Å². The average molecular weight is 289 g/mol. The van der Waals surface area contributed by atoms with Crippen LogP contribution in [0.1, 0.15) is 32.3 Å². The van der Waals surface area contributed by atoms with Crippen LogP contribution in [0.5, 0.6) is 0 Å². The Hall–Kier alpha value is -1.39. The van der Waals surface area contributed by atoms with Crippen molar-refractivity contribution in [2.75, 3.05) is 19.6 Å². The van der Waals surface area contributed by atoms with Gasteiger partial charge >= 0.3 is 0 Å². The van der Waals surface area contributed by atoms with E-state index in [0.717, 1.165) is 18.7 Å². The molecule has 1 amide bonds. The fourth-order valence-corrected chi connectivity index (χ4v) is 2.69. The molecule has 0 saturated carbocycles. The maximum Gasteiger partial charge on any atom is 0.234 e. The second kappa shape index (κ2) is 8.15. The van der Waals surface area contributed by atoms with E-state index in [1.807, 2.05) is 30.3 Å². The zero-order valence-corrected chi connectivity index (χ0v) is 13.1. The Labute approximate surface area is 127 Å². The van der Waals surface area contributed by atoms with Crippen molar-refractivity contribution in [1.82, 2.24) is 15.5 Å². The Morgan fingerprint density at radius 1 is 1.38 bits per heavy atom. The SMILES string of the molecule is CC(C)N(CC(=O)NCc1ccccc1)CC1CCCN1. The minimum Gasteiger partial charge on any atom is -0.351 e. The molecule has 116 valence electrons. The summed E-state index contributed by atoms with van der Waals surface area (Å²) >= 11 is 0. The van der Waals surface area contributed by atoms with E-state index in [1.165, 1.54) is 12.8 Å². The molecule has 1 fully saturated rings. The molecule has 1 aliphatic heterocycles. The number of amides is 1. The third-order valence-corrected chi connectivity index (χ3v) is 4.03. The first-order valence-electron chi connectivity index (χ1n) is 7.93. The van der Waals surface area contributed by atoms with Crippen LogP contribution >= 0.6 is 0 Å². The summed E-state index contributed by atoms with van der Waals surface area (Å²) in [5.74, 6) is 0.102. The molecule has 2 rings (SSSR count). The summed E-state index contributed by atoms with van der Waals surface area (Å²) in [6.45, 7) is 7.45. The van der Waals surface area contributed by atoms with Crippen LogP contribution in [0.4, 0.5) is 0 Å². The molecular formula is C17H27N3O. The first-order valence-corrected chi connectivity index (χ1v) is 7.93. The lowest BCUT2D eigenvalue weighted by Gasteiger charge is -2.28. The number of nitrogens with zero attached hydrogens (tertiary/aromatic N) is 1. The van der Waals surface area contributed by atoms with Gasteiger partial charge in [0.2, 0.25) is 5.91 Å². The molecule has 1 aromatic rings. The van der Waals surface area contributed by atoms with E-state index in [2.05, 4.69) is 29.4 Å². The molecule has 0 radical (unpaired) electrons. The number of hydrogen-bond acceptors (Lipinski definition) is 3. The van der Waals surface area contributed by atoms with Gasteiger partial charge in [-0.15, -0.1) is 0 Å². The normalized spacial score (nSPS) is 18.4. The molecule has 1 aromatic carbocycles. The quantitative estimate of drug-likeness (QED) is 0.804. The molecule has 1 heterocycles. The van der Waals surface area contributed by atoms with Crippen molar-refractivity contribution in [1.29, 1.82) is 0 Å². The highest BCUT2D eigenvalue weighted by Gasteiger charge is 2.21. The molecular weight excluding hydrogens is 262 g/mol. The minimum atomic E-state index is 0.102. The maximum absolute atomic E-state index is 12.1. The van der Waals surface area contributed by atoms with E-state index in [9.17, 15) is 4.79 Å². The molecule has 0 bridgehead atoms. The highest BCUT2D eigenvalue weighted by molar-refractivity contribution is 5.78. The van der Waals surface area contributed by atoms with Crippen molar-refractivity contribution in [3.63, 3.8) is 0 Å². The Balaban J connectivity index is 1.77. The second-order valence-electron chi connectivity index (χ2n) is 6.08. The number of nitrogens with one attached hydrogen (secondary N) is 2. The van der Waals surface area contributed by atoms with Gasteiger partial charge in [-0.3, -0.25) is 9.69 Å². The topological polar surface area (TPSA) is 44.4 Å². The van der Waals surface area contributed by atoms with Crippen molar-refractivity contribution in [2.45, 2.75) is 45.3 Å². The molecule has 21 heavy (non-hydrogen) atoms. The van der Waals surface area contributed by atoms with Gasteiger partial charge in [0.15, 0.2) is 0 Å². The minimum absolute atomic E-state index is 0.102. The average Bonchev–Trinajstić information content (AvgIpc) is 2.98. The first kappa shape index (κ1) is 16.0. The van der Waals surface area contributed by atoms with Gasteiger partial charge in [0.05, 0.1) is 6.54 Å². The van der Waals surface area contributed by atoms with E-state index in [-0.39, 0.29) is 5.91 Å². The molecule has 4 heteroatoms. The van der Waals surface area contributed by atoms with Gasteiger partial charge < -0.3 is 10.6 Å². The maximum atomic E-state index is 12.1. The summed E-state index contributed by atoms with van der Waals surface area (Å²) in [7, 11) is 0. The van der Waals surface area contributed by atoms with Crippen LogP contribution in [0.3, 0.4) is 0 Å². The van der Waals surface area contributed by atoms with E-state index in [0.29, 0.717) is 25.2 Å². The highest BCUT2D eigenvalue weighted by atomic mass is 16.2. The Morgan fingerprint density at radius 2 is 2.14 bits per heavy atom. The predicted molar refractivity (Wildman–Crippen MR) is 86.0 cm³/mol. The van der Waals surface area contributed by atoms with Crippen LogP contribution in [0, 0.1) is 0 Å². The van der Waals surface area contributed by atoms with Crippen molar-refractivity contribution >= 4 is 5.91 Å². The van der Waals surface area contributed by atoms with Crippen LogP contribution in [0.2, 0.25) is 0 Å². The van der Waals surface area contributed by atoms with E-state index in [4.69, 9.17) is 0 Å². The third-order valence-electron chi connectivity index (χ3n) is 4.03. The van der Waals surface area contributed by atoms with Crippen LogP contribution in [0.25, 0.3) is 0 Å². The molecule has 1 aliphatic rings. The molecule has 2 N–H and O–H groups in total. The molecule has 1 unspecified atom stereocenters. The van der Waals surface area contributed by atoms with Crippen LogP contribution in [-0.4, -0.2) is 42.5 Å². The third kappa shape index (κ3) is 5.48. The van der Waals surface area contributed by atoms with Gasteiger partial charge in [-0.2, -0.15) is 0 Å². The van der Waals surface area contributed by atoms with E-state index < -0.39 is 0 Å². The van der Waals surface area contributed by atoms with Crippen LogP contribution in [0.15, 0.2) is 30.3 Å². The van der Waals surface area contributed by atoms with Crippen molar-refractivity contribution < 1.29 is 4.79 Å². The summed E-state index contributed by atoms with van der Waals surface area (Å²) in [6, 6.07) is 11.0. The Morgan fingerprint density at radius 3 is 2.76 bits per heavy atom. The summed E-state index contributed by atoms with van der Waals surface area (Å²) in [5, 5.41) is 6.51. The molecule has 4 nitrogen and oxygen atoms in total. The van der Waals surface area contributed by atoms with Gasteiger partial charge in [0.1, 0.15) is 0 Å². The molecule has 1 saturated heterocycles. The summed E-state index contributed by atoms with van der Waals surface area (Å²) in [6.07, 6.45) is 2.46. The van der Waals surface area contributed by atoms with Gasteiger partial charge in [-0.25, -0.2) is 0 Å². The van der Waals surface area contributed by atoms with Gasteiger partial charge in [0, 0.05) is 25.2 Å². The largest absolute Gasteiger partial charge is 0.351 e. The lowest BCUT2D eigenvalue weighted by Crippen LogP contribution is -2.46. The molecule has 0 spiro atoms. The van der Waals surface area contributed by atoms with Gasteiger partial charge in [-0.1, -0.05) is 30.3 Å². The molecule has 0 aromatic heterocycles. The summed E-state index contributed by atoms with van der Waals surface area (Å²) in [5.41, 5.74) is 1.14. The van der Waals surface area contributed by atoms with Crippen LogP contribution < -0.4 is 10.6 Å². The Kier molecular flexibility index (Phi) is 6.21. The standard InChI is InChI=1S/C17H27N3O/c1-14(2)20(12-16-9-6-10-18-16)13-17(21)19-11-15-7-4-3-5-8-15/h3-5,7-8,14,16,18H,6,9-13H2,1-2H3,(H,19,21). The van der Waals surface area contributed by atoms with Crippen LogP contribution in [-0.2, 0) is 11.3 Å². The lowest BCUT2D eigenvalue weighted by molar-refractivity contribution is -0.122. The van der Waals surface area contributed by atoms with Gasteiger partial charge in [0.25, 0.3) is 0 Å². The number of rotatable bonds is 7. The number of carbonyl (C=O) groups excluding carboxylic acids is 1. The fraction of sp³-hybridized carbons (Fsp3) is 0.588. The molecule has 0 aliphatic carbocycles. The zero-order chi connectivity index (χ0) is 15.1. The van der Waals surface area contributed by atoms with Crippen molar-refractivity contribution in [3.05, 3.63) is 35.9 Å². The smallest absolute Gasteiger partial charge is 0.234 e. The van der Waals surface area contributed by atoms with E-state index in [1.54, 1.807) is 0 Å². The zero-order valence-electron chi connectivity index (χ0n) is 13.1. The summed E-state index contributed by atoms with van der Waals surface area (Å²) in [4.78, 5) is 14.4. The fourth-order valence-electron chi connectivity index (χ4n) is 2.69. The Bertz CT molecular complexity index is 427. The highest BCUT2D eigenvalue weighted by Crippen LogP contribution is 2.09. The monoisotopic (exact) mass is 289 g/mol. The molecule has 1 atom stereocenters. The number of carbonyl (C=O) groups is 1. The van der Waals surface area contributed by atoms with Crippen molar-refractivity contribution in [2.24, 2.45) is 0 Å². The first-order chi connectivity index (χ1) is 10.1. The van der Waals surface area contributed by atoms with Crippen molar-refractivity contribution in [3.8, 4) is 0 Å². The predicted octanol–water partition coefficient (Wildman–Crippen LogP) is 1.77. The number of hydrogen-bond donors (Lipinski definition) is 2. The number of benzene rings is 1.